The molecule has 1 aromatic heterocycles. The van der Waals surface area contributed by atoms with Gasteiger partial charge in [-0.3, -0.25) is 19.3 Å². The second-order valence-electron chi connectivity index (χ2n) is 8.63. The molecule has 3 rings (SSSR count). The van der Waals surface area contributed by atoms with Gasteiger partial charge in [0.1, 0.15) is 17.3 Å². The van der Waals surface area contributed by atoms with E-state index in [-0.39, 0.29) is 5.56 Å². The van der Waals surface area contributed by atoms with E-state index in [2.05, 4.69) is 14.9 Å². The minimum Gasteiger partial charge on any atom is -0.497 e. The molecule has 202 valence electrons. The lowest BCUT2D eigenvalue weighted by molar-refractivity contribution is -0.170. The first-order valence-electron chi connectivity index (χ1n) is 11.3. The van der Waals surface area contributed by atoms with E-state index < -0.39 is 36.4 Å². The molecule has 1 unspecified atom stereocenters. The highest BCUT2D eigenvalue weighted by atomic mass is 16.5. The molecule has 5 N–H and O–H groups in total. The van der Waals surface area contributed by atoms with Crippen molar-refractivity contribution in [3.05, 3.63) is 51.7 Å². The highest BCUT2D eigenvalue weighted by Gasteiger charge is 2.40. The van der Waals surface area contributed by atoms with Gasteiger partial charge in [0.25, 0.3) is 5.56 Å². The van der Waals surface area contributed by atoms with Gasteiger partial charge in [0, 0.05) is 36.7 Å². The lowest BCUT2D eigenvalue weighted by Gasteiger charge is -2.18. The zero-order valence-electron chi connectivity index (χ0n) is 20.8. The summed E-state index contributed by atoms with van der Waals surface area (Å²) in [5, 5.41) is 33.8. The second kappa shape index (κ2) is 12.8. The second-order valence-corrected chi connectivity index (χ2v) is 8.63. The first-order chi connectivity index (χ1) is 17.4. The fourth-order valence-corrected chi connectivity index (χ4v) is 3.97. The quantitative estimate of drug-likeness (QED) is 0.295. The van der Waals surface area contributed by atoms with Gasteiger partial charge >= 0.3 is 17.9 Å². The number of likely N-dealkylation sites (tertiary alicyclic amines) is 1. The van der Waals surface area contributed by atoms with Crippen molar-refractivity contribution in [2.45, 2.75) is 44.2 Å². The summed E-state index contributed by atoms with van der Waals surface area (Å²) in [6.45, 7) is 4.50. The van der Waals surface area contributed by atoms with Crippen molar-refractivity contribution < 1.29 is 44.3 Å². The number of methoxy groups -OCH3 is 2. The van der Waals surface area contributed by atoms with Crippen molar-refractivity contribution in [3.8, 4) is 11.5 Å². The Balaban J connectivity index is 0.000000317. The Kier molecular flexibility index (Phi) is 10.1. The summed E-state index contributed by atoms with van der Waals surface area (Å²) in [7, 11) is 3.32. The van der Waals surface area contributed by atoms with Crippen LogP contribution in [0.4, 0.5) is 0 Å². The maximum Gasteiger partial charge on any atom is 0.336 e. The molecule has 2 aromatic rings. The van der Waals surface area contributed by atoms with Crippen molar-refractivity contribution in [2.24, 2.45) is 0 Å². The van der Waals surface area contributed by atoms with E-state index in [0.717, 1.165) is 48.8 Å². The molecule has 13 heteroatoms. The van der Waals surface area contributed by atoms with Gasteiger partial charge in [-0.1, -0.05) is 6.07 Å². The van der Waals surface area contributed by atoms with Crippen LogP contribution in [0.3, 0.4) is 0 Å². The number of aliphatic hydroxyl groups is 1. The van der Waals surface area contributed by atoms with Gasteiger partial charge in [-0.15, -0.1) is 0 Å². The van der Waals surface area contributed by atoms with E-state index >= 15 is 0 Å². The van der Waals surface area contributed by atoms with Crippen LogP contribution in [-0.2, 0) is 20.9 Å². The first-order valence-corrected chi connectivity index (χ1v) is 11.3. The highest BCUT2D eigenvalue weighted by Crippen LogP contribution is 2.30. The number of ether oxygens (including phenoxy) is 2. The largest absolute Gasteiger partial charge is 0.497 e. The molecule has 1 aromatic carbocycles. The fraction of sp³-hybridized carbons (Fsp3) is 0.458. The zero-order chi connectivity index (χ0) is 27.8. The lowest BCUT2D eigenvalue weighted by atomic mass is 9.96. The topological polar surface area (TPSA) is 200 Å². The molecule has 0 amide bonds. The summed E-state index contributed by atoms with van der Waals surface area (Å²) < 4.78 is 10.7. The summed E-state index contributed by atoms with van der Waals surface area (Å²) in [6, 6.07) is 7.52. The number of aromatic nitrogens is 2. The van der Waals surface area contributed by atoms with Crippen LogP contribution in [-0.4, -0.2) is 86.1 Å². The normalized spacial score (nSPS) is 15.4. The Hall–Kier alpha value is -3.97. The molecular formula is C24H31N3O10. The minimum atomic E-state index is -2.74. The fourth-order valence-electron chi connectivity index (χ4n) is 3.97. The van der Waals surface area contributed by atoms with E-state index in [1.807, 2.05) is 25.1 Å². The predicted molar refractivity (Wildman–Crippen MR) is 129 cm³/mol. The number of hydrogen-bond donors (Lipinski definition) is 5. The summed E-state index contributed by atoms with van der Waals surface area (Å²) >= 11 is 0. The van der Waals surface area contributed by atoms with Gasteiger partial charge < -0.3 is 34.9 Å². The maximum absolute atomic E-state index is 11.6. The number of aliphatic carboxylic acids is 3. The van der Waals surface area contributed by atoms with Gasteiger partial charge in [0.15, 0.2) is 5.60 Å². The van der Waals surface area contributed by atoms with E-state index in [4.69, 9.17) is 29.9 Å². The highest BCUT2D eigenvalue weighted by molar-refractivity contribution is 5.88. The minimum absolute atomic E-state index is 0.0761. The molecule has 0 bridgehead atoms. The van der Waals surface area contributed by atoms with Crippen molar-refractivity contribution in [2.75, 3.05) is 27.3 Å². The van der Waals surface area contributed by atoms with Crippen LogP contribution in [0.25, 0.3) is 0 Å². The standard InChI is InChI=1S/C18H23N3O3.C6H8O7/c1-12-19-16(9-18(22)20-12)13-6-7-21(10-13)11-14-4-5-15(23-2)8-17(14)24-3;7-3(8)1-6(13,5(11)12)2-4(9)10/h4-5,8-9,13H,6-7,10-11H2,1-3H3,(H,19,20,22);13H,1-2H2,(H,7,8)(H,9,10)(H,11,12). The molecule has 1 saturated heterocycles. The third-order valence-electron chi connectivity index (χ3n) is 5.74. The van der Waals surface area contributed by atoms with Crippen LogP contribution >= 0.6 is 0 Å². The molecule has 0 spiro atoms. The molecular weight excluding hydrogens is 490 g/mol. The smallest absolute Gasteiger partial charge is 0.336 e. The molecule has 37 heavy (non-hydrogen) atoms. The number of carbonyl (C=O) groups is 3. The Morgan fingerprint density at radius 2 is 1.76 bits per heavy atom. The van der Waals surface area contributed by atoms with E-state index in [1.54, 1.807) is 20.3 Å². The van der Waals surface area contributed by atoms with Crippen LogP contribution in [0.5, 0.6) is 11.5 Å². The third kappa shape index (κ3) is 8.58. The molecule has 13 nitrogen and oxygen atoms in total. The number of nitrogens with zero attached hydrogens (tertiary/aromatic N) is 2. The monoisotopic (exact) mass is 521 g/mol. The average Bonchev–Trinajstić information content (AvgIpc) is 3.26. The number of aromatic amines is 1. The van der Waals surface area contributed by atoms with Gasteiger partial charge in [-0.25, -0.2) is 9.78 Å². The Morgan fingerprint density at radius 3 is 2.27 bits per heavy atom. The molecule has 2 heterocycles. The summed E-state index contributed by atoms with van der Waals surface area (Å²) in [6.07, 6.45) is -1.28. The van der Waals surface area contributed by atoms with Crippen LogP contribution in [0, 0.1) is 6.92 Å². The number of benzene rings is 1. The van der Waals surface area contributed by atoms with Crippen LogP contribution in [0.15, 0.2) is 29.1 Å². The van der Waals surface area contributed by atoms with Crippen LogP contribution in [0.1, 0.15) is 42.3 Å². The first kappa shape index (κ1) is 29.3. The summed E-state index contributed by atoms with van der Waals surface area (Å²) in [4.78, 5) is 51.7. The SMILES string of the molecule is COc1ccc(CN2CCC(c3cc(=O)[nH]c(C)n3)C2)c(OC)c1.O=C(O)CC(O)(CC(=O)O)C(=O)O. The number of nitrogens with one attached hydrogen (secondary N) is 1. The van der Waals surface area contributed by atoms with E-state index in [9.17, 15) is 19.2 Å². The number of carboxylic acid groups (broad SMARTS) is 3. The average molecular weight is 522 g/mol. The molecule has 0 radical (unpaired) electrons. The van der Waals surface area contributed by atoms with Crippen LogP contribution < -0.4 is 15.0 Å². The Morgan fingerprint density at radius 1 is 1.11 bits per heavy atom. The molecule has 0 saturated carbocycles. The molecule has 1 atom stereocenters. The van der Waals surface area contributed by atoms with Gasteiger partial charge in [-0.2, -0.15) is 0 Å². The predicted octanol–water partition coefficient (Wildman–Crippen LogP) is 0.837. The number of aryl methyl sites for hydroxylation is 1. The van der Waals surface area contributed by atoms with E-state index in [0.29, 0.717) is 11.7 Å². The van der Waals surface area contributed by atoms with Crippen molar-refractivity contribution in [1.82, 2.24) is 14.9 Å². The van der Waals surface area contributed by atoms with Crippen molar-refractivity contribution >= 4 is 17.9 Å². The summed E-state index contributed by atoms with van der Waals surface area (Å²) in [5.74, 6) is -2.42. The van der Waals surface area contributed by atoms with Crippen LogP contribution in [0.2, 0.25) is 0 Å². The van der Waals surface area contributed by atoms with E-state index in [1.165, 1.54) is 0 Å². The van der Waals surface area contributed by atoms with Gasteiger partial charge in [0.05, 0.1) is 32.8 Å². The molecule has 1 aliphatic rings. The number of H-pyrrole nitrogens is 1. The van der Waals surface area contributed by atoms with Gasteiger partial charge in [-0.05, 0) is 26.0 Å². The molecule has 1 fully saturated rings. The third-order valence-corrected chi connectivity index (χ3v) is 5.74. The number of carboxylic acids is 3. The Labute approximate surface area is 212 Å². The molecule has 1 aliphatic heterocycles. The summed E-state index contributed by atoms with van der Waals surface area (Å²) in [5.41, 5.74) is -0.792. The van der Waals surface area contributed by atoms with Crippen molar-refractivity contribution in [1.29, 1.82) is 0 Å². The lowest BCUT2D eigenvalue weighted by Crippen LogP contribution is -2.42. The maximum atomic E-state index is 11.6. The van der Waals surface area contributed by atoms with Gasteiger partial charge in [0.2, 0.25) is 0 Å². The Bertz CT molecular complexity index is 1160. The number of rotatable bonds is 10. The molecule has 0 aliphatic carbocycles. The number of hydrogen-bond acceptors (Lipinski definition) is 9. The zero-order valence-corrected chi connectivity index (χ0v) is 20.8. The van der Waals surface area contributed by atoms with Crippen molar-refractivity contribution in [3.63, 3.8) is 0 Å².